The predicted octanol–water partition coefficient (Wildman–Crippen LogP) is 4.09. The molecule has 5 heteroatoms. The molecular formula is C12H15ClF3N. The second-order valence-corrected chi connectivity index (χ2v) is 3.85. The standard InChI is InChI=1S/C12H14F3N.ClH/c1-8(2)7-11(16)9-5-3-4-6-10(9)12(13,14)15;/h3-6,11H,1,7,16H2,2H3;1H/t11-;/m1./s1. The number of benzene rings is 1. The number of alkyl halides is 3. The number of halogens is 4. The molecule has 1 aromatic carbocycles. The van der Waals surface area contributed by atoms with E-state index in [2.05, 4.69) is 6.58 Å². The van der Waals surface area contributed by atoms with Crippen molar-refractivity contribution in [1.82, 2.24) is 0 Å². The summed E-state index contributed by atoms with van der Waals surface area (Å²) in [5.41, 5.74) is 5.96. The van der Waals surface area contributed by atoms with Crippen molar-refractivity contribution < 1.29 is 13.2 Å². The Morgan fingerprint density at radius 3 is 2.35 bits per heavy atom. The van der Waals surface area contributed by atoms with Gasteiger partial charge in [-0.25, -0.2) is 0 Å². The SMILES string of the molecule is C=C(C)C[C@@H](N)c1ccccc1C(F)(F)F.Cl. The average molecular weight is 266 g/mol. The molecular weight excluding hydrogens is 251 g/mol. The Morgan fingerprint density at radius 1 is 1.35 bits per heavy atom. The molecule has 17 heavy (non-hydrogen) atoms. The molecule has 1 rings (SSSR count). The minimum Gasteiger partial charge on any atom is -0.324 e. The molecule has 0 aliphatic rings. The molecule has 96 valence electrons. The smallest absolute Gasteiger partial charge is 0.324 e. The first-order valence-electron chi connectivity index (χ1n) is 4.88. The van der Waals surface area contributed by atoms with Crippen LogP contribution in [-0.2, 0) is 6.18 Å². The minimum absolute atomic E-state index is 0. The molecule has 1 aromatic rings. The van der Waals surface area contributed by atoms with E-state index in [0.29, 0.717) is 6.42 Å². The molecule has 0 saturated heterocycles. The summed E-state index contributed by atoms with van der Waals surface area (Å²) in [6, 6.07) is 4.72. The van der Waals surface area contributed by atoms with E-state index in [0.717, 1.165) is 11.6 Å². The van der Waals surface area contributed by atoms with E-state index < -0.39 is 17.8 Å². The topological polar surface area (TPSA) is 26.0 Å². The molecule has 0 saturated carbocycles. The first-order valence-corrected chi connectivity index (χ1v) is 4.88. The molecule has 0 radical (unpaired) electrons. The number of rotatable bonds is 3. The van der Waals surface area contributed by atoms with Crippen molar-refractivity contribution in [2.75, 3.05) is 0 Å². The Kier molecular flexibility index (Phi) is 5.72. The van der Waals surface area contributed by atoms with Crippen molar-refractivity contribution in [3.63, 3.8) is 0 Å². The second-order valence-electron chi connectivity index (χ2n) is 3.85. The largest absolute Gasteiger partial charge is 0.416 e. The molecule has 0 heterocycles. The molecule has 0 aliphatic heterocycles. The second kappa shape index (κ2) is 6.07. The fourth-order valence-corrected chi connectivity index (χ4v) is 1.56. The van der Waals surface area contributed by atoms with Crippen molar-refractivity contribution in [3.05, 3.63) is 47.5 Å². The van der Waals surface area contributed by atoms with E-state index in [1.165, 1.54) is 12.1 Å². The van der Waals surface area contributed by atoms with E-state index in [1.807, 2.05) is 0 Å². The average Bonchev–Trinajstić information content (AvgIpc) is 2.15. The van der Waals surface area contributed by atoms with E-state index in [-0.39, 0.29) is 18.0 Å². The van der Waals surface area contributed by atoms with Gasteiger partial charge in [0.05, 0.1) is 5.56 Å². The minimum atomic E-state index is -4.36. The van der Waals surface area contributed by atoms with Crippen molar-refractivity contribution >= 4 is 12.4 Å². The first-order chi connectivity index (χ1) is 7.32. The Morgan fingerprint density at radius 2 is 1.88 bits per heavy atom. The Balaban J connectivity index is 0.00000256. The van der Waals surface area contributed by atoms with Gasteiger partial charge in [0.2, 0.25) is 0 Å². The van der Waals surface area contributed by atoms with Crippen LogP contribution in [0.3, 0.4) is 0 Å². The lowest BCUT2D eigenvalue weighted by Gasteiger charge is -2.18. The van der Waals surface area contributed by atoms with Crippen LogP contribution in [-0.4, -0.2) is 0 Å². The maximum absolute atomic E-state index is 12.7. The third kappa shape index (κ3) is 4.40. The third-order valence-corrected chi connectivity index (χ3v) is 2.23. The maximum atomic E-state index is 12.7. The van der Waals surface area contributed by atoms with E-state index >= 15 is 0 Å². The van der Waals surface area contributed by atoms with Crippen molar-refractivity contribution in [3.8, 4) is 0 Å². The highest BCUT2D eigenvalue weighted by Crippen LogP contribution is 2.35. The lowest BCUT2D eigenvalue weighted by molar-refractivity contribution is -0.138. The van der Waals surface area contributed by atoms with Gasteiger partial charge in [0.1, 0.15) is 0 Å². The molecule has 2 N–H and O–H groups in total. The quantitative estimate of drug-likeness (QED) is 0.819. The van der Waals surface area contributed by atoms with Crippen molar-refractivity contribution in [2.45, 2.75) is 25.6 Å². The predicted molar refractivity (Wildman–Crippen MR) is 65.1 cm³/mol. The summed E-state index contributed by atoms with van der Waals surface area (Å²) in [6.45, 7) is 5.40. The van der Waals surface area contributed by atoms with Gasteiger partial charge in [0.15, 0.2) is 0 Å². The fraction of sp³-hybridized carbons (Fsp3) is 0.333. The maximum Gasteiger partial charge on any atom is 0.416 e. The molecule has 0 fully saturated rings. The zero-order valence-electron chi connectivity index (χ0n) is 9.42. The lowest BCUT2D eigenvalue weighted by Crippen LogP contribution is -2.17. The monoisotopic (exact) mass is 265 g/mol. The van der Waals surface area contributed by atoms with Gasteiger partial charge in [-0.2, -0.15) is 13.2 Å². The number of hydrogen-bond acceptors (Lipinski definition) is 1. The Bertz CT molecular complexity index is 388. The summed E-state index contributed by atoms with van der Waals surface area (Å²) >= 11 is 0. The van der Waals surface area contributed by atoms with Crippen LogP contribution in [0.1, 0.15) is 30.5 Å². The molecule has 0 amide bonds. The van der Waals surface area contributed by atoms with Crippen LogP contribution in [0.2, 0.25) is 0 Å². The van der Waals surface area contributed by atoms with Gasteiger partial charge in [-0.1, -0.05) is 23.8 Å². The molecule has 1 nitrogen and oxygen atoms in total. The zero-order chi connectivity index (χ0) is 12.3. The molecule has 0 aromatic heterocycles. The summed E-state index contributed by atoms with van der Waals surface area (Å²) in [5, 5.41) is 0. The van der Waals surface area contributed by atoms with Crippen LogP contribution in [0.4, 0.5) is 13.2 Å². The van der Waals surface area contributed by atoms with Gasteiger partial charge in [0.25, 0.3) is 0 Å². The van der Waals surface area contributed by atoms with Gasteiger partial charge in [-0.05, 0) is 25.0 Å². The Hall–Kier alpha value is -1.00. The summed E-state index contributed by atoms with van der Waals surface area (Å²) in [6.07, 6.45) is -4.00. The van der Waals surface area contributed by atoms with Gasteiger partial charge < -0.3 is 5.73 Å². The zero-order valence-corrected chi connectivity index (χ0v) is 10.2. The molecule has 0 spiro atoms. The van der Waals surface area contributed by atoms with Crippen LogP contribution in [0.5, 0.6) is 0 Å². The molecule has 0 bridgehead atoms. The Labute approximate surface area is 105 Å². The van der Waals surface area contributed by atoms with Crippen LogP contribution in [0, 0.1) is 0 Å². The number of nitrogens with two attached hydrogens (primary N) is 1. The van der Waals surface area contributed by atoms with Crippen LogP contribution < -0.4 is 5.73 Å². The number of hydrogen-bond donors (Lipinski definition) is 1. The molecule has 0 aliphatic carbocycles. The highest BCUT2D eigenvalue weighted by atomic mass is 35.5. The highest BCUT2D eigenvalue weighted by molar-refractivity contribution is 5.85. The summed E-state index contributed by atoms with van der Waals surface area (Å²) in [4.78, 5) is 0. The molecule has 0 unspecified atom stereocenters. The molecule has 1 atom stereocenters. The summed E-state index contributed by atoms with van der Waals surface area (Å²) < 4.78 is 38.0. The van der Waals surface area contributed by atoms with Gasteiger partial charge in [-0.3, -0.25) is 0 Å². The third-order valence-electron chi connectivity index (χ3n) is 2.23. The van der Waals surface area contributed by atoms with Gasteiger partial charge >= 0.3 is 6.18 Å². The van der Waals surface area contributed by atoms with E-state index in [1.54, 1.807) is 13.0 Å². The van der Waals surface area contributed by atoms with Crippen molar-refractivity contribution in [1.29, 1.82) is 0 Å². The first kappa shape index (κ1) is 16.0. The van der Waals surface area contributed by atoms with E-state index in [9.17, 15) is 13.2 Å². The van der Waals surface area contributed by atoms with E-state index in [4.69, 9.17) is 5.73 Å². The van der Waals surface area contributed by atoms with Crippen LogP contribution in [0.25, 0.3) is 0 Å². The summed E-state index contributed by atoms with van der Waals surface area (Å²) in [5.74, 6) is 0. The highest BCUT2D eigenvalue weighted by Gasteiger charge is 2.34. The van der Waals surface area contributed by atoms with Gasteiger partial charge in [-0.15, -0.1) is 19.0 Å². The van der Waals surface area contributed by atoms with Crippen LogP contribution in [0.15, 0.2) is 36.4 Å². The van der Waals surface area contributed by atoms with Crippen LogP contribution >= 0.6 is 12.4 Å². The summed E-state index contributed by atoms with van der Waals surface area (Å²) in [7, 11) is 0. The van der Waals surface area contributed by atoms with Crippen molar-refractivity contribution in [2.24, 2.45) is 5.73 Å². The normalized spacial score (nSPS) is 12.8. The van der Waals surface area contributed by atoms with Gasteiger partial charge in [0, 0.05) is 6.04 Å². The fourth-order valence-electron chi connectivity index (χ4n) is 1.56. The lowest BCUT2D eigenvalue weighted by atomic mass is 9.96.